The van der Waals surface area contributed by atoms with Crippen LogP contribution in [-0.2, 0) is 11.2 Å². The highest BCUT2D eigenvalue weighted by atomic mass is 32.2. The molecule has 0 spiro atoms. The molecule has 1 N–H and O–H groups in total. The van der Waals surface area contributed by atoms with E-state index in [0.29, 0.717) is 24.5 Å². The molecule has 3 nitrogen and oxygen atoms in total. The van der Waals surface area contributed by atoms with E-state index in [1.807, 2.05) is 30.0 Å². The second-order valence-electron chi connectivity index (χ2n) is 8.71. The number of hydrogen-bond donors (Lipinski definition) is 1. The molecular formula is C25H30N2OS. The summed E-state index contributed by atoms with van der Waals surface area (Å²) in [4.78, 5) is 16.8. The zero-order valence-electron chi connectivity index (χ0n) is 17.0. The van der Waals surface area contributed by atoms with Crippen molar-refractivity contribution >= 4 is 23.2 Å². The van der Waals surface area contributed by atoms with Crippen molar-refractivity contribution in [3.05, 3.63) is 59.7 Å². The van der Waals surface area contributed by atoms with Crippen molar-refractivity contribution < 1.29 is 4.79 Å². The highest BCUT2D eigenvalue weighted by molar-refractivity contribution is 7.99. The predicted octanol–water partition coefficient (Wildman–Crippen LogP) is 4.80. The van der Waals surface area contributed by atoms with Gasteiger partial charge in [-0.05, 0) is 55.2 Å². The monoisotopic (exact) mass is 406 g/mol. The van der Waals surface area contributed by atoms with Crippen LogP contribution in [0.15, 0.2) is 53.4 Å². The zero-order chi connectivity index (χ0) is 19.7. The molecule has 1 fully saturated rings. The summed E-state index contributed by atoms with van der Waals surface area (Å²) in [6.07, 6.45) is 5.82. The summed E-state index contributed by atoms with van der Waals surface area (Å²) in [5.74, 6) is 2.14. The Morgan fingerprint density at radius 1 is 1.17 bits per heavy atom. The lowest BCUT2D eigenvalue weighted by Crippen LogP contribution is -2.56. The molecule has 0 aromatic heterocycles. The maximum Gasteiger partial charge on any atom is 0.137 e. The minimum atomic E-state index is 0.196. The third-order valence-corrected chi connectivity index (χ3v) is 8.17. The zero-order valence-corrected chi connectivity index (χ0v) is 17.8. The van der Waals surface area contributed by atoms with Gasteiger partial charge in [0.15, 0.2) is 0 Å². The van der Waals surface area contributed by atoms with Gasteiger partial charge in [-0.25, -0.2) is 0 Å². The third-order valence-electron chi connectivity index (χ3n) is 7.04. The van der Waals surface area contributed by atoms with Gasteiger partial charge in [-0.3, -0.25) is 4.79 Å². The smallest absolute Gasteiger partial charge is 0.137 e. The Hall–Kier alpha value is -1.78. The van der Waals surface area contributed by atoms with Gasteiger partial charge < -0.3 is 10.2 Å². The van der Waals surface area contributed by atoms with Gasteiger partial charge in [0, 0.05) is 42.3 Å². The van der Waals surface area contributed by atoms with E-state index < -0.39 is 0 Å². The number of thioether (sulfide) groups is 1. The van der Waals surface area contributed by atoms with Crippen molar-refractivity contribution in [1.29, 1.82) is 0 Å². The summed E-state index contributed by atoms with van der Waals surface area (Å²) >= 11 is 2.03. The van der Waals surface area contributed by atoms with Crippen molar-refractivity contribution in [2.45, 2.75) is 54.9 Å². The van der Waals surface area contributed by atoms with Crippen molar-refractivity contribution in [2.24, 2.45) is 0 Å². The van der Waals surface area contributed by atoms with Gasteiger partial charge in [0.2, 0.25) is 0 Å². The van der Waals surface area contributed by atoms with Gasteiger partial charge in [0.1, 0.15) is 5.78 Å². The van der Waals surface area contributed by atoms with Gasteiger partial charge in [0.05, 0.1) is 5.69 Å². The first kappa shape index (κ1) is 19.2. The molecular weight excluding hydrogens is 376 g/mol. The highest BCUT2D eigenvalue weighted by Crippen LogP contribution is 2.56. The lowest BCUT2D eigenvalue weighted by atomic mass is 9.73. The number of hydrogen-bond acceptors (Lipinski definition) is 4. The Morgan fingerprint density at radius 2 is 2.07 bits per heavy atom. The number of carbonyl (C=O) groups is 1. The lowest BCUT2D eigenvalue weighted by molar-refractivity contribution is -0.118. The predicted molar refractivity (Wildman–Crippen MR) is 121 cm³/mol. The van der Waals surface area contributed by atoms with Gasteiger partial charge in [-0.1, -0.05) is 42.5 Å². The van der Waals surface area contributed by atoms with Crippen LogP contribution in [0.5, 0.6) is 0 Å². The summed E-state index contributed by atoms with van der Waals surface area (Å²) in [5.41, 5.74) is 4.39. The first-order valence-electron chi connectivity index (χ1n) is 11.1. The van der Waals surface area contributed by atoms with Gasteiger partial charge in [-0.15, -0.1) is 11.8 Å². The number of rotatable bonds is 6. The third kappa shape index (κ3) is 3.51. The number of carbonyl (C=O) groups excluding carboxylic acids is 1. The number of nitrogens with zero attached hydrogens (tertiary/aromatic N) is 1. The van der Waals surface area contributed by atoms with E-state index in [0.717, 1.165) is 38.0 Å². The van der Waals surface area contributed by atoms with Crippen LogP contribution in [0.3, 0.4) is 0 Å². The topological polar surface area (TPSA) is 32.3 Å². The molecule has 0 radical (unpaired) electrons. The van der Waals surface area contributed by atoms with Crippen molar-refractivity contribution in [3.63, 3.8) is 0 Å². The maximum absolute atomic E-state index is 12.6. The Morgan fingerprint density at radius 3 is 2.97 bits per heavy atom. The molecule has 0 bridgehead atoms. The Kier molecular flexibility index (Phi) is 5.40. The SMILES string of the molecule is O=C(CCC[C@]12CCNC[C@H]1c1cccc3c1N2CCCS3)Cc1ccccc1. The van der Waals surface area contributed by atoms with Crippen molar-refractivity contribution in [3.8, 4) is 0 Å². The summed E-state index contributed by atoms with van der Waals surface area (Å²) in [6.45, 7) is 3.31. The average molecular weight is 407 g/mol. The number of Topliss-reactive ketones (excluding diaryl/α,β-unsaturated/α-hetero) is 1. The first-order chi connectivity index (χ1) is 14.3. The maximum atomic E-state index is 12.6. The molecule has 0 amide bonds. The summed E-state index contributed by atoms with van der Waals surface area (Å²) < 4.78 is 0. The van der Waals surface area contributed by atoms with Crippen LogP contribution >= 0.6 is 11.8 Å². The molecule has 3 heterocycles. The van der Waals surface area contributed by atoms with Crippen LogP contribution in [-0.4, -0.2) is 36.7 Å². The average Bonchev–Trinajstić information content (AvgIpc) is 2.87. The van der Waals surface area contributed by atoms with Crippen LogP contribution in [0.1, 0.15) is 49.1 Å². The van der Waals surface area contributed by atoms with Crippen LogP contribution in [0.4, 0.5) is 5.69 Å². The van der Waals surface area contributed by atoms with E-state index in [1.165, 1.54) is 29.2 Å². The summed E-state index contributed by atoms with van der Waals surface area (Å²) in [6, 6.07) is 17.1. The Labute approximate surface area is 178 Å². The molecule has 2 atom stereocenters. The van der Waals surface area contributed by atoms with E-state index in [9.17, 15) is 4.79 Å². The van der Waals surface area contributed by atoms with Crippen LogP contribution < -0.4 is 10.2 Å². The molecule has 5 rings (SSSR count). The number of ketones is 1. The number of piperidine rings is 1. The summed E-state index contributed by atoms with van der Waals surface area (Å²) in [7, 11) is 0. The molecule has 2 aromatic carbocycles. The summed E-state index contributed by atoms with van der Waals surface area (Å²) in [5, 5.41) is 3.65. The second kappa shape index (κ2) is 8.16. The molecule has 1 saturated heterocycles. The van der Waals surface area contributed by atoms with Gasteiger partial charge in [-0.2, -0.15) is 0 Å². The molecule has 0 unspecified atom stereocenters. The molecule has 2 aromatic rings. The number of nitrogens with one attached hydrogen (secondary N) is 1. The second-order valence-corrected chi connectivity index (χ2v) is 9.85. The largest absolute Gasteiger partial charge is 0.364 e. The van der Waals surface area contributed by atoms with Crippen LogP contribution in [0, 0.1) is 0 Å². The lowest BCUT2D eigenvalue weighted by Gasteiger charge is -2.47. The van der Waals surface area contributed by atoms with E-state index in [2.05, 4.69) is 40.5 Å². The molecule has 0 saturated carbocycles. The van der Waals surface area contributed by atoms with Gasteiger partial charge >= 0.3 is 0 Å². The van der Waals surface area contributed by atoms with Crippen LogP contribution in [0.2, 0.25) is 0 Å². The molecule has 152 valence electrons. The fourth-order valence-electron chi connectivity index (χ4n) is 5.76. The molecule has 0 aliphatic carbocycles. The Bertz CT molecular complexity index is 884. The number of anilines is 1. The van der Waals surface area contributed by atoms with E-state index in [1.54, 1.807) is 5.56 Å². The number of para-hydroxylation sites is 1. The fourth-order valence-corrected chi connectivity index (χ4v) is 6.80. The van der Waals surface area contributed by atoms with E-state index in [4.69, 9.17) is 0 Å². The molecule has 3 aliphatic heterocycles. The normalized spacial score (nSPS) is 25.2. The first-order valence-corrected chi connectivity index (χ1v) is 12.1. The standard InChI is InChI=1S/C25H30N2OS/c28-20(17-19-7-2-1-3-8-19)9-5-12-25-13-14-26-18-22(25)21-10-4-11-23-24(21)27(25)15-6-16-29-23/h1-4,7-8,10-11,22,26H,5-6,9,12-18H2/t22-,25-/m0/s1. The highest BCUT2D eigenvalue weighted by Gasteiger charge is 2.52. The fraction of sp³-hybridized carbons (Fsp3) is 0.480. The van der Waals surface area contributed by atoms with E-state index >= 15 is 0 Å². The Balaban J connectivity index is 1.34. The number of benzene rings is 2. The van der Waals surface area contributed by atoms with E-state index in [-0.39, 0.29) is 5.54 Å². The van der Waals surface area contributed by atoms with Crippen LogP contribution in [0.25, 0.3) is 0 Å². The van der Waals surface area contributed by atoms with Crippen molar-refractivity contribution in [2.75, 3.05) is 30.3 Å². The molecule has 29 heavy (non-hydrogen) atoms. The minimum absolute atomic E-state index is 0.196. The van der Waals surface area contributed by atoms with Gasteiger partial charge in [0.25, 0.3) is 0 Å². The minimum Gasteiger partial charge on any atom is -0.364 e. The number of fused-ring (bicyclic) bond motifs is 3. The molecule has 3 aliphatic rings. The molecule has 4 heteroatoms. The quantitative estimate of drug-likeness (QED) is 0.747. The van der Waals surface area contributed by atoms with Crippen molar-refractivity contribution in [1.82, 2.24) is 5.32 Å².